The summed E-state index contributed by atoms with van der Waals surface area (Å²) in [5.74, 6) is 5.96. The average Bonchev–Trinajstić information content (AvgIpc) is 2.63. The molecule has 3 nitrogen and oxygen atoms in total. The summed E-state index contributed by atoms with van der Waals surface area (Å²) in [6, 6.07) is 2.68. The van der Waals surface area contributed by atoms with Gasteiger partial charge in [-0.25, -0.2) is 0 Å². The highest BCUT2D eigenvalue weighted by Gasteiger charge is 2.13. The van der Waals surface area contributed by atoms with E-state index in [0.717, 1.165) is 30.8 Å². The van der Waals surface area contributed by atoms with Gasteiger partial charge in [-0.3, -0.25) is 0 Å². The standard InChI is InChI=1S/C12H20N2OS2/c1-2-3-10-6-12(15-14-10)7-13-11-8-16-4-5-17-9-11/h6,11,13H,2-5,7-9H2,1H3. The van der Waals surface area contributed by atoms with Crippen LogP contribution < -0.4 is 5.32 Å². The summed E-state index contributed by atoms with van der Waals surface area (Å²) >= 11 is 4.09. The monoisotopic (exact) mass is 272 g/mol. The predicted molar refractivity (Wildman–Crippen MR) is 75.8 cm³/mol. The molecule has 2 rings (SSSR count). The number of aryl methyl sites for hydroxylation is 1. The first kappa shape index (κ1) is 13.3. The van der Waals surface area contributed by atoms with Crippen molar-refractivity contribution < 1.29 is 4.52 Å². The van der Waals surface area contributed by atoms with Crippen LogP contribution in [0.4, 0.5) is 0 Å². The summed E-state index contributed by atoms with van der Waals surface area (Å²) in [6.07, 6.45) is 2.13. The lowest BCUT2D eigenvalue weighted by molar-refractivity contribution is 0.363. The van der Waals surface area contributed by atoms with E-state index in [-0.39, 0.29) is 0 Å². The molecule has 0 amide bonds. The SMILES string of the molecule is CCCc1cc(CNC2CSCCSC2)on1. The zero-order valence-corrected chi connectivity index (χ0v) is 11.9. The molecular weight excluding hydrogens is 252 g/mol. The quantitative estimate of drug-likeness (QED) is 0.892. The Morgan fingerprint density at radius 3 is 2.88 bits per heavy atom. The second-order valence-corrected chi connectivity index (χ2v) is 6.56. The van der Waals surface area contributed by atoms with Crippen LogP contribution in [0.3, 0.4) is 0 Å². The van der Waals surface area contributed by atoms with Crippen molar-refractivity contribution in [3.8, 4) is 0 Å². The fourth-order valence-electron chi connectivity index (χ4n) is 1.79. The highest BCUT2D eigenvalue weighted by Crippen LogP contribution is 2.17. The maximum absolute atomic E-state index is 5.31. The van der Waals surface area contributed by atoms with Crippen LogP contribution in [0, 0.1) is 0 Å². The van der Waals surface area contributed by atoms with Gasteiger partial charge in [0.15, 0.2) is 5.76 Å². The summed E-state index contributed by atoms with van der Waals surface area (Å²) in [7, 11) is 0. The van der Waals surface area contributed by atoms with Gasteiger partial charge in [0, 0.05) is 35.1 Å². The Labute approximate surface area is 111 Å². The fraction of sp³-hybridized carbons (Fsp3) is 0.750. The minimum atomic E-state index is 0.604. The fourth-order valence-corrected chi connectivity index (χ4v) is 4.26. The van der Waals surface area contributed by atoms with Crippen molar-refractivity contribution in [1.29, 1.82) is 0 Å². The maximum atomic E-state index is 5.31. The molecule has 0 saturated carbocycles. The van der Waals surface area contributed by atoms with Crippen LogP contribution in [0.15, 0.2) is 10.6 Å². The molecule has 0 aromatic carbocycles. The van der Waals surface area contributed by atoms with Crippen molar-refractivity contribution in [3.05, 3.63) is 17.5 Å². The van der Waals surface area contributed by atoms with Crippen LogP contribution >= 0.6 is 23.5 Å². The van der Waals surface area contributed by atoms with Crippen LogP contribution in [0.5, 0.6) is 0 Å². The Morgan fingerprint density at radius 1 is 1.41 bits per heavy atom. The molecule has 5 heteroatoms. The summed E-state index contributed by atoms with van der Waals surface area (Å²) in [6.45, 7) is 2.97. The van der Waals surface area contributed by atoms with E-state index in [2.05, 4.69) is 23.5 Å². The van der Waals surface area contributed by atoms with Crippen molar-refractivity contribution >= 4 is 23.5 Å². The van der Waals surface area contributed by atoms with Crippen LogP contribution in [-0.4, -0.2) is 34.2 Å². The molecule has 2 heterocycles. The minimum absolute atomic E-state index is 0.604. The van der Waals surface area contributed by atoms with Crippen molar-refractivity contribution in [2.75, 3.05) is 23.0 Å². The Hall–Kier alpha value is -0.130. The first-order chi connectivity index (χ1) is 8.38. The Morgan fingerprint density at radius 2 is 2.18 bits per heavy atom. The average molecular weight is 272 g/mol. The lowest BCUT2D eigenvalue weighted by Crippen LogP contribution is -2.32. The van der Waals surface area contributed by atoms with E-state index < -0.39 is 0 Å². The van der Waals surface area contributed by atoms with Gasteiger partial charge in [-0.15, -0.1) is 0 Å². The molecule has 1 aliphatic heterocycles. The smallest absolute Gasteiger partial charge is 0.150 e. The molecule has 1 aromatic rings. The molecule has 0 radical (unpaired) electrons. The maximum Gasteiger partial charge on any atom is 0.150 e. The molecule has 1 aromatic heterocycles. The lowest BCUT2D eigenvalue weighted by Gasteiger charge is -2.13. The number of hydrogen-bond donors (Lipinski definition) is 1. The number of rotatable bonds is 5. The van der Waals surface area contributed by atoms with Gasteiger partial charge in [-0.2, -0.15) is 23.5 Å². The molecule has 1 saturated heterocycles. The van der Waals surface area contributed by atoms with Gasteiger partial charge in [0.05, 0.1) is 12.2 Å². The molecule has 0 spiro atoms. The summed E-state index contributed by atoms with van der Waals surface area (Å²) < 4.78 is 5.31. The second kappa shape index (κ2) is 7.34. The van der Waals surface area contributed by atoms with E-state index in [9.17, 15) is 0 Å². The highest BCUT2D eigenvalue weighted by atomic mass is 32.2. The molecule has 17 heavy (non-hydrogen) atoms. The molecule has 96 valence electrons. The van der Waals surface area contributed by atoms with Crippen molar-refractivity contribution in [1.82, 2.24) is 10.5 Å². The third kappa shape index (κ3) is 4.56. The Kier molecular flexibility index (Phi) is 5.74. The summed E-state index contributed by atoms with van der Waals surface area (Å²) in [5.41, 5.74) is 1.08. The number of aromatic nitrogens is 1. The topological polar surface area (TPSA) is 38.1 Å². The molecule has 1 aliphatic rings. The van der Waals surface area contributed by atoms with E-state index >= 15 is 0 Å². The van der Waals surface area contributed by atoms with Crippen LogP contribution in [-0.2, 0) is 13.0 Å². The molecular formula is C12H20N2OS2. The number of hydrogen-bond acceptors (Lipinski definition) is 5. The van der Waals surface area contributed by atoms with Crippen molar-refractivity contribution in [2.24, 2.45) is 0 Å². The van der Waals surface area contributed by atoms with Gasteiger partial charge in [0.25, 0.3) is 0 Å². The van der Waals surface area contributed by atoms with Gasteiger partial charge < -0.3 is 9.84 Å². The Bertz CT molecular complexity index is 322. The molecule has 0 unspecified atom stereocenters. The molecule has 0 bridgehead atoms. The van der Waals surface area contributed by atoms with E-state index in [4.69, 9.17) is 4.52 Å². The van der Waals surface area contributed by atoms with E-state index in [0.29, 0.717) is 6.04 Å². The largest absolute Gasteiger partial charge is 0.360 e. The molecule has 1 N–H and O–H groups in total. The highest BCUT2D eigenvalue weighted by molar-refractivity contribution is 8.03. The molecule has 1 fully saturated rings. The van der Waals surface area contributed by atoms with Gasteiger partial charge in [-0.1, -0.05) is 18.5 Å². The van der Waals surface area contributed by atoms with Gasteiger partial charge in [0.2, 0.25) is 0 Å². The van der Waals surface area contributed by atoms with Crippen LogP contribution in [0.25, 0.3) is 0 Å². The van der Waals surface area contributed by atoms with Crippen LogP contribution in [0.2, 0.25) is 0 Å². The minimum Gasteiger partial charge on any atom is -0.360 e. The number of nitrogens with zero attached hydrogens (tertiary/aromatic N) is 1. The zero-order valence-electron chi connectivity index (χ0n) is 10.3. The first-order valence-electron chi connectivity index (χ1n) is 6.22. The van der Waals surface area contributed by atoms with Crippen molar-refractivity contribution in [2.45, 2.75) is 32.4 Å². The summed E-state index contributed by atoms with van der Waals surface area (Å²) in [5, 5.41) is 7.62. The van der Waals surface area contributed by atoms with E-state index in [1.807, 2.05) is 23.5 Å². The summed E-state index contributed by atoms with van der Waals surface area (Å²) in [4.78, 5) is 0. The lowest BCUT2D eigenvalue weighted by atomic mass is 10.2. The van der Waals surface area contributed by atoms with Gasteiger partial charge in [-0.05, 0) is 6.42 Å². The Balaban J connectivity index is 1.75. The third-order valence-corrected chi connectivity index (χ3v) is 5.21. The van der Waals surface area contributed by atoms with Crippen LogP contribution in [0.1, 0.15) is 24.8 Å². The number of thioether (sulfide) groups is 2. The van der Waals surface area contributed by atoms with Crippen molar-refractivity contribution in [3.63, 3.8) is 0 Å². The second-order valence-electron chi connectivity index (χ2n) is 4.26. The number of nitrogens with one attached hydrogen (secondary N) is 1. The van der Waals surface area contributed by atoms with Gasteiger partial charge >= 0.3 is 0 Å². The third-order valence-electron chi connectivity index (χ3n) is 2.69. The normalized spacial score (nSPS) is 18.2. The molecule has 0 atom stereocenters. The van der Waals surface area contributed by atoms with Gasteiger partial charge in [0.1, 0.15) is 0 Å². The van der Waals surface area contributed by atoms with E-state index in [1.54, 1.807) is 0 Å². The zero-order chi connectivity index (χ0) is 11.9. The van der Waals surface area contributed by atoms with E-state index in [1.165, 1.54) is 23.0 Å². The predicted octanol–water partition coefficient (Wildman–Crippen LogP) is 2.57. The molecule has 0 aliphatic carbocycles. The first-order valence-corrected chi connectivity index (χ1v) is 8.52.